The molecule has 3 aliphatic rings. The Morgan fingerprint density at radius 2 is 2.21 bits per heavy atom. The molecule has 3 heterocycles. The third-order valence-corrected chi connectivity index (χ3v) is 5.65. The van der Waals surface area contributed by atoms with E-state index < -0.39 is 0 Å². The van der Waals surface area contributed by atoms with Crippen LogP contribution < -0.4 is 14.8 Å². The summed E-state index contributed by atoms with van der Waals surface area (Å²) in [5.74, 6) is 2.05. The Balaban J connectivity index is 1.24. The molecular formula is C21H22N4O3. The maximum atomic E-state index is 12.7. The standard InChI is InChI=1S/C21H22N4O3/c22-11-14-3-4-19-15(7-14)9-16(12-27-19)23-21(26)18-10-20-25(24-18)6-5-17(28-20)8-13-1-2-13/h3-4,7,10,13,16-17H,1-2,5-6,8-9,12H2,(H,23,26)/t16-,17?/m1/s1. The number of nitrogens with one attached hydrogen (secondary N) is 1. The molecule has 0 saturated heterocycles. The third kappa shape index (κ3) is 3.42. The van der Waals surface area contributed by atoms with Gasteiger partial charge in [-0.05, 0) is 42.5 Å². The van der Waals surface area contributed by atoms with Crippen molar-refractivity contribution in [2.24, 2.45) is 5.92 Å². The second kappa shape index (κ2) is 6.86. The van der Waals surface area contributed by atoms with Crippen LogP contribution in [0, 0.1) is 17.2 Å². The average molecular weight is 378 g/mol. The van der Waals surface area contributed by atoms with Crippen LogP contribution in [0.5, 0.6) is 11.6 Å². The lowest BCUT2D eigenvalue weighted by molar-refractivity contribution is 0.0909. The zero-order valence-corrected chi connectivity index (χ0v) is 15.6. The number of aryl methyl sites for hydroxylation is 1. The molecule has 0 bridgehead atoms. The number of amides is 1. The highest BCUT2D eigenvalue weighted by atomic mass is 16.5. The van der Waals surface area contributed by atoms with E-state index in [1.54, 1.807) is 16.8 Å². The number of benzene rings is 1. The predicted octanol–water partition coefficient (Wildman–Crippen LogP) is 2.44. The predicted molar refractivity (Wildman–Crippen MR) is 100 cm³/mol. The molecule has 2 atom stereocenters. The Labute approximate surface area is 163 Å². The van der Waals surface area contributed by atoms with E-state index in [4.69, 9.17) is 14.7 Å². The van der Waals surface area contributed by atoms with Crippen molar-refractivity contribution in [2.75, 3.05) is 6.61 Å². The number of carbonyl (C=O) groups excluding carboxylic acids is 1. The van der Waals surface area contributed by atoms with Crippen LogP contribution in [0.3, 0.4) is 0 Å². The zero-order valence-electron chi connectivity index (χ0n) is 15.6. The Hall–Kier alpha value is -3.01. The van der Waals surface area contributed by atoms with Gasteiger partial charge >= 0.3 is 0 Å². The highest BCUT2D eigenvalue weighted by Gasteiger charge is 2.30. The molecule has 1 amide bonds. The number of carbonyl (C=O) groups is 1. The quantitative estimate of drug-likeness (QED) is 0.883. The minimum absolute atomic E-state index is 0.156. The Kier molecular flexibility index (Phi) is 4.19. The molecule has 1 fully saturated rings. The van der Waals surface area contributed by atoms with Crippen molar-refractivity contribution in [1.29, 1.82) is 5.26 Å². The van der Waals surface area contributed by atoms with Crippen LogP contribution in [0.4, 0.5) is 0 Å². The maximum Gasteiger partial charge on any atom is 0.272 e. The SMILES string of the molecule is N#Cc1ccc2c(c1)C[C@@H](NC(=O)c1cc3n(n1)CCC(CC1CC1)O3)CO2. The summed E-state index contributed by atoms with van der Waals surface area (Å²) in [6.45, 7) is 1.19. The molecule has 2 aromatic rings. The van der Waals surface area contributed by atoms with Gasteiger partial charge in [0.05, 0.1) is 17.7 Å². The third-order valence-electron chi connectivity index (χ3n) is 5.65. The van der Waals surface area contributed by atoms with Gasteiger partial charge in [-0.3, -0.25) is 4.79 Å². The Morgan fingerprint density at radius 3 is 3.04 bits per heavy atom. The van der Waals surface area contributed by atoms with Gasteiger partial charge in [-0.2, -0.15) is 10.4 Å². The molecular weight excluding hydrogens is 356 g/mol. The van der Waals surface area contributed by atoms with E-state index in [9.17, 15) is 4.79 Å². The zero-order chi connectivity index (χ0) is 19.1. The van der Waals surface area contributed by atoms with Gasteiger partial charge in [0.1, 0.15) is 18.5 Å². The van der Waals surface area contributed by atoms with Crippen molar-refractivity contribution >= 4 is 5.91 Å². The molecule has 7 heteroatoms. The minimum Gasteiger partial charge on any atom is -0.491 e. The van der Waals surface area contributed by atoms with Gasteiger partial charge in [-0.1, -0.05) is 12.8 Å². The molecule has 1 saturated carbocycles. The van der Waals surface area contributed by atoms with E-state index >= 15 is 0 Å². The van der Waals surface area contributed by atoms with Gasteiger partial charge < -0.3 is 14.8 Å². The highest BCUT2D eigenvalue weighted by molar-refractivity contribution is 5.92. The fourth-order valence-corrected chi connectivity index (χ4v) is 3.97. The summed E-state index contributed by atoms with van der Waals surface area (Å²) in [5.41, 5.74) is 1.90. The molecule has 1 aliphatic carbocycles. The minimum atomic E-state index is -0.224. The molecule has 1 unspecified atom stereocenters. The first-order valence-corrected chi connectivity index (χ1v) is 9.89. The second-order valence-electron chi connectivity index (χ2n) is 7.92. The normalized spacial score (nSPS) is 22.8. The van der Waals surface area contributed by atoms with Crippen LogP contribution in [0.1, 0.15) is 47.3 Å². The smallest absolute Gasteiger partial charge is 0.272 e. The van der Waals surface area contributed by atoms with Crippen molar-refractivity contribution in [2.45, 2.75) is 50.8 Å². The molecule has 0 radical (unpaired) electrons. The number of rotatable bonds is 4. The fourth-order valence-electron chi connectivity index (χ4n) is 3.97. The van der Waals surface area contributed by atoms with Gasteiger partial charge in [0.15, 0.2) is 5.69 Å². The summed E-state index contributed by atoms with van der Waals surface area (Å²) in [6.07, 6.45) is 5.55. The molecule has 1 aromatic heterocycles. The van der Waals surface area contributed by atoms with Crippen LogP contribution in [0.2, 0.25) is 0 Å². The Morgan fingerprint density at radius 1 is 1.32 bits per heavy atom. The van der Waals surface area contributed by atoms with Gasteiger partial charge in [-0.25, -0.2) is 4.68 Å². The monoisotopic (exact) mass is 378 g/mol. The first kappa shape index (κ1) is 17.1. The number of ether oxygens (including phenoxy) is 2. The number of hydrogen-bond donors (Lipinski definition) is 1. The maximum absolute atomic E-state index is 12.7. The van der Waals surface area contributed by atoms with E-state index in [2.05, 4.69) is 16.5 Å². The van der Waals surface area contributed by atoms with E-state index in [1.807, 2.05) is 12.1 Å². The summed E-state index contributed by atoms with van der Waals surface area (Å²) in [5, 5.41) is 16.5. The lowest BCUT2D eigenvalue weighted by Gasteiger charge is -2.25. The van der Waals surface area contributed by atoms with Gasteiger partial charge in [0.25, 0.3) is 5.91 Å². The van der Waals surface area contributed by atoms with Crippen LogP contribution in [0.25, 0.3) is 0 Å². The number of aromatic nitrogens is 2. The van der Waals surface area contributed by atoms with Gasteiger partial charge in [0.2, 0.25) is 5.88 Å². The lowest BCUT2D eigenvalue weighted by atomic mass is 10.0. The average Bonchev–Trinajstić information content (AvgIpc) is 3.42. The summed E-state index contributed by atoms with van der Waals surface area (Å²) in [4.78, 5) is 12.7. The van der Waals surface area contributed by atoms with E-state index in [0.29, 0.717) is 30.2 Å². The first-order chi connectivity index (χ1) is 13.7. The van der Waals surface area contributed by atoms with E-state index in [1.165, 1.54) is 12.8 Å². The van der Waals surface area contributed by atoms with Crippen molar-refractivity contribution in [3.05, 3.63) is 41.1 Å². The first-order valence-electron chi connectivity index (χ1n) is 9.89. The summed E-state index contributed by atoms with van der Waals surface area (Å²) in [7, 11) is 0. The molecule has 144 valence electrons. The van der Waals surface area contributed by atoms with Crippen LogP contribution in [-0.4, -0.2) is 34.4 Å². The molecule has 0 spiro atoms. The van der Waals surface area contributed by atoms with Gasteiger partial charge in [0, 0.05) is 19.0 Å². The largest absolute Gasteiger partial charge is 0.491 e. The lowest BCUT2D eigenvalue weighted by Crippen LogP contribution is -2.42. The van der Waals surface area contributed by atoms with Crippen LogP contribution in [-0.2, 0) is 13.0 Å². The van der Waals surface area contributed by atoms with Crippen molar-refractivity contribution in [3.63, 3.8) is 0 Å². The van der Waals surface area contributed by atoms with Crippen molar-refractivity contribution in [1.82, 2.24) is 15.1 Å². The Bertz CT molecular complexity index is 957. The number of nitriles is 1. The summed E-state index contributed by atoms with van der Waals surface area (Å²) >= 11 is 0. The molecule has 5 rings (SSSR count). The molecule has 1 N–H and O–H groups in total. The van der Waals surface area contributed by atoms with E-state index in [0.717, 1.165) is 36.6 Å². The van der Waals surface area contributed by atoms with Gasteiger partial charge in [-0.15, -0.1) is 0 Å². The van der Waals surface area contributed by atoms with Crippen molar-refractivity contribution < 1.29 is 14.3 Å². The summed E-state index contributed by atoms with van der Waals surface area (Å²) < 4.78 is 13.6. The summed E-state index contributed by atoms with van der Waals surface area (Å²) in [6, 6.07) is 9.08. The fraction of sp³-hybridized carbons (Fsp3) is 0.476. The molecule has 28 heavy (non-hydrogen) atoms. The second-order valence-corrected chi connectivity index (χ2v) is 7.92. The number of nitrogens with zero attached hydrogens (tertiary/aromatic N) is 3. The highest BCUT2D eigenvalue weighted by Crippen LogP contribution is 2.36. The number of fused-ring (bicyclic) bond motifs is 2. The molecule has 7 nitrogen and oxygen atoms in total. The number of hydrogen-bond acceptors (Lipinski definition) is 5. The van der Waals surface area contributed by atoms with Crippen molar-refractivity contribution in [3.8, 4) is 17.7 Å². The van der Waals surface area contributed by atoms with E-state index in [-0.39, 0.29) is 18.1 Å². The van der Waals surface area contributed by atoms with Crippen LogP contribution in [0.15, 0.2) is 24.3 Å². The molecule has 1 aromatic carbocycles. The molecule has 2 aliphatic heterocycles. The topological polar surface area (TPSA) is 89.2 Å². The van der Waals surface area contributed by atoms with Crippen LogP contribution >= 0.6 is 0 Å².